The Hall–Kier alpha value is -2.10. The van der Waals surface area contributed by atoms with E-state index in [1.807, 2.05) is 12.1 Å². The third-order valence-corrected chi connectivity index (χ3v) is 5.05. The van der Waals surface area contributed by atoms with E-state index < -0.39 is 0 Å². The first-order valence-electron chi connectivity index (χ1n) is 8.66. The summed E-state index contributed by atoms with van der Waals surface area (Å²) in [4.78, 5) is 25.1. The van der Waals surface area contributed by atoms with Gasteiger partial charge in [-0.25, -0.2) is 0 Å². The summed E-state index contributed by atoms with van der Waals surface area (Å²) >= 11 is 0. The van der Waals surface area contributed by atoms with Gasteiger partial charge in [-0.1, -0.05) is 37.6 Å². The maximum absolute atomic E-state index is 12.7. The van der Waals surface area contributed by atoms with Crippen LogP contribution in [-0.2, 0) is 4.79 Å². The van der Waals surface area contributed by atoms with Crippen molar-refractivity contribution in [1.82, 2.24) is 5.32 Å². The van der Waals surface area contributed by atoms with Crippen LogP contribution in [0.1, 0.15) is 50.9 Å². The van der Waals surface area contributed by atoms with E-state index in [1.54, 1.807) is 12.1 Å². The standard InChI is InChI=1S/C20H26N2O2/c1-12(2)11-15-17(20(15,3)4)19(24)22-16-8-6-5-7-14(16)18(23)21-13-9-10-13/h5-8,11,13,15,17H,9-10H2,1-4H3,(H,21,23)(H,22,24). The number of rotatable bonds is 5. The number of hydrogen-bond acceptors (Lipinski definition) is 2. The van der Waals surface area contributed by atoms with Gasteiger partial charge in [-0.05, 0) is 50.2 Å². The Morgan fingerprint density at radius 1 is 1.17 bits per heavy atom. The Morgan fingerprint density at radius 3 is 2.46 bits per heavy atom. The lowest BCUT2D eigenvalue weighted by atomic mass is 10.1. The molecule has 3 rings (SSSR count). The zero-order valence-electron chi connectivity index (χ0n) is 14.8. The lowest BCUT2D eigenvalue weighted by Crippen LogP contribution is -2.27. The number of para-hydroxylation sites is 1. The lowest BCUT2D eigenvalue weighted by molar-refractivity contribution is -0.118. The third kappa shape index (κ3) is 3.37. The molecule has 0 radical (unpaired) electrons. The monoisotopic (exact) mass is 326 g/mol. The quantitative estimate of drug-likeness (QED) is 0.810. The van der Waals surface area contributed by atoms with Gasteiger partial charge in [0.25, 0.3) is 5.91 Å². The normalized spacial score (nSPS) is 24.0. The molecule has 128 valence electrons. The average Bonchev–Trinajstić information content (AvgIpc) is 3.38. The van der Waals surface area contributed by atoms with E-state index in [4.69, 9.17) is 0 Å². The van der Waals surface area contributed by atoms with Crippen molar-refractivity contribution in [2.75, 3.05) is 5.32 Å². The first-order chi connectivity index (χ1) is 11.3. The molecule has 2 amide bonds. The summed E-state index contributed by atoms with van der Waals surface area (Å²) in [7, 11) is 0. The van der Waals surface area contributed by atoms with Gasteiger partial charge < -0.3 is 10.6 Å². The summed E-state index contributed by atoms with van der Waals surface area (Å²) in [5, 5.41) is 5.96. The number of nitrogens with one attached hydrogen (secondary N) is 2. The van der Waals surface area contributed by atoms with Crippen molar-refractivity contribution in [2.45, 2.75) is 46.6 Å². The summed E-state index contributed by atoms with van der Waals surface area (Å²) in [5.41, 5.74) is 2.33. The molecule has 2 aliphatic rings. The summed E-state index contributed by atoms with van der Waals surface area (Å²) in [6.07, 6.45) is 4.26. The van der Waals surface area contributed by atoms with E-state index in [2.05, 4.69) is 44.4 Å². The van der Waals surface area contributed by atoms with E-state index >= 15 is 0 Å². The van der Waals surface area contributed by atoms with E-state index in [-0.39, 0.29) is 29.1 Å². The second-order valence-corrected chi connectivity index (χ2v) is 7.85. The molecular formula is C20H26N2O2. The molecule has 4 heteroatoms. The fraction of sp³-hybridized carbons (Fsp3) is 0.500. The van der Waals surface area contributed by atoms with Gasteiger partial charge in [-0.2, -0.15) is 0 Å². The predicted octanol–water partition coefficient (Wildman–Crippen LogP) is 3.76. The van der Waals surface area contributed by atoms with Crippen molar-refractivity contribution < 1.29 is 9.59 Å². The smallest absolute Gasteiger partial charge is 0.253 e. The number of carbonyl (C=O) groups excluding carboxylic acids is 2. The second kappa shape index (κ2) is 6.08. The highest BCUT2D eigenvalue weighted by Gasteiger charge is 2.60. The van der Waals surface area contributed by atoms with Crippen molar-refractivity contribution in [3.8, 4) is 0 Å². The minimum atomic E-state index is -0.107. The molecule has 2 N–H and O–H groups in total. The molecule has 1 aromatic rings. The molecular weight excluding hydrogens is 300 g/mol. The Labute approximate surface area is 143 Å². The molecule has 24 heavy (non-hydrogen) atoms. The summed E-state index contributed by atoms with van der Waals surface area (Å²) in [5.74, 6) is 0.0976. The van der Waals surface area contributed by atoms with Crippen molar-refractivity contribution in [2.24, 2.45) is 17.3 Å². The van der Waals surface area contributed by atoms with Gasteiger partial charge >= 0.3 is 0 Å². The zero-order valence-corrected chi connectivity index (χ0v) is 14.8. The van der Waals surface area contributed by atoms with E-state index in [1.165, 1.54) is 5.57 Å². The molecule has 2 atom stereocenters. The molecule has 1 aromatic carbocycles. The largest absolute Gasteiger partial charge is 0.349 e. The summed E-state index contributed by atoms with van der Waals surface area (Å²) in [6, 6.07) is 7.52. The van der Waals surface area contributed by atoms with Crippen LogP contribution in [0.2, 0.25) is 0 Å². The summed E-state index contributed by atoms with van der Waals surface area (Å²) in [6.45, 7) is 8.35. The number of allylic oxidation sites excluding steroid dienone is 2. The van der Waals surface area contributed by atoms with Crippen LogP contribution in [0.15, 0.2) is 35.9 Å². The molecule has 0 saturated heterocycles. The van der Waals surface area contributed by atoms with E-state index in [0.717, 1.165) is 12.8 Å². The van der Waals surface area contributed by atoms with Gasteiger partial charge in [0, 0.05) is 6.04 Å². The highest BCUT2D eigenvalue weighted by atomic mass is 16.2. The molecule has 2 unspecified atom stereocenters. The van der Waals surface area contributed by atoms with Gasteiger partial charge in [0.15, 0.2) is 0 Å². The second-order valence-electron chi connectivity index (χ2n) is 7.85. The Morgan fingerprint density at radius 2 is 1.83 bits per heavy atom. The molecule has 0 aromatic heterocycles. The summed E-state index contributed by atoms with van der Waals surface area (Å²) < 4.78 is 0. The van der Waals surface area contributed by atoms with E-state index in [0.29, 0.717) is 17.3 Å². The number of hydrogen-bond donors (Lipinski definition) is 2. The van der Waals surface area contributed by atoms with Crippen molar-refractivity contribution in [1.29, 1.82) is 0 Å². The third-order valence-electron chi connectivity index (χ3n) is 5.05. The van der Waals surface area contributed by atoms with Crippen molar-refractivity contribution in [3.63, 3.8) is 0 Å². The number of anilines is 1. The first kappa shape index (κ1) is 16.7. The van der Waals surface area contributed by atoms with Crippen LogP contribution in [0.25, 0.3) is 0 Å². The SMILES string of the molecule is CC(C)=CC1C(C(=O)Nc2ccccc2C(=O)NC2CC2)C1(C)C. The van der Waals surface area contributed by atoms with Crippen molar-refractivity contribution >= 4 is 17.5 Å². The number of benzene rings is 1. The zero-order chi connectivity index (χ0) is 17.5. The molecule has 0 spiro atoms. The predicted molar refractivity (Wildman–Crippen MR) is 95.8 cm³/mol. The number of amides is 2. The highest BCUT2D eigenvalue weighted by Crippen LogP contribution is 2.59. The van der Waals surface area contributed by atoms with Gasteiger partial charge in [-0.15, -0.1) is 0 Å². The van der Waals surface area contributed by atoms with Crippen LogP contribution in [0.3, 0.4) is 0 Å². The maximum atomic E-state index is 12.7. The molecule has 0 aliphatic heterocycles. The Bertz CT molecular complexity index is 697. The molecule has 2 aliphatic carbocycles. The minimum absolute atomic E-state index is 0.00540. The van der Waals surface area contributed by atoms with Crippen LogP contribution in [0, 0.1) is 17.3 Å². The van der Waals surface area contributed by atoms with Crippen LogP contribution in [-0.4, -0.2) is 17.9 Å². The maximum Gasteiger partial charge on any atom is 0.253 e. The fourth-order valence-corrected chi connectivity index (χ4v) is 3.34. The van der Waals surface area contributed by atoms with Crippen LogP contribution >= 0.6 is 0 Å². The van der Waals surface area contributed by atoms with Crippen LogP contribution < -0.4 is 10.6 Å². The van der Waals surface area contributed by atoms with Gasteiger partial charge in [0.05, 0.1) is 17.2 Å². The number of carbonyl (C=O) groups is 2. The lowest BCUT2D eigenvalue weighted by Gasteiger charge is -2.11. The molecule has 2 saturated carbocycles. The fourth-order valence-electron chi connectivity index (χ4n) is 3.34. The van der Waals surface area contributed by atoms with Crippen LogP contribution in [0.5, 0.6) is 0 Å². The molecule has 0 bridgehead atoms. The topological polar surface area (TPSA) is 58.2 Å². The van der Waals surface area contributed by atoms with E-state index in [9.17, 15) is 9.59 Å². The van der Waals surface area contributed by atoms with Gasteiger partial charge in [-0.3, -0.25) is 9.59 Å². The first-order valence-corrected chi connectivity index (χ1v) is 8.66. The van der Waals surface area contributed by atoms with Crippen molar-refractivity contribution in [3.05, 3.63) is 41.5 Å². The minimum Gasteiger partial charge on any atom is -0.349 e. The molecule has 2 fully saturated rings. The molecule has 4 nitrogen and oxygen atoms in total. The average molecular weight is 326 g/mol. The van der Waals surface area contributed by atoms with Crippen LogP contribution in [0.4, 0.5) is 5.69 Å². The Balaban J connectivity index is 1.73. The van der Waals surface area contributed by atoms with Gasteiger partial charge in [0.1, 0.15) is 0 Å². The van der Waals surface area contributed by atoms with Gasteiger partial charge in [0.2, 0.25) is 5.91 Å². The molecule has 0 heterocycles. The Kier molecular flexibility index (Phi) is 4.24. The highest BCUT2D eigenvalue weighted by molar-refractivity contribution is 6.05.